The highest BCUT2D eigenvalue weighted by atomic mass is 16.2. The Morgan fingerprint density at radius 3 is 2.43 bits per heavy atom. The summed E-state index contributed by atoms with van der Waals surface area (Å²) in [5, 5.41) is 6.27. The molecule has 4 rings (SSSR count). The molecule has 0 aromatic heterocycles. The van der Waals surface area contributed by atoms with E-state index >= 15 is 0 Å². The van der Waals surface area contributed by atoms with E-state index in [-0.39, 0.29) is 30.6 Å². The number of likely N-dealkylation sites (tertiary alicyclic amines) is 1. The molecule has 4 N–H and O–H groups in total. The summed E-state index contributed by atoms with van der Waals surface area (Å²) in [7, 11) is 0. The molecule has 1 aromatic rings. The van der Waals surface area contributed by atoms with Gasteiger partial charge in [0.25, 0.3) is 0 Å². The van der Waals surface area contributed by atoms with Crippen molar-refractivity contribution in [1.29, 1.82) is 0 Å². The van der Waals surface area contributed by atoms with Crippen LogP contribution >= 0.6 is 0 Å². The lowest BCUT2D eigenvalue weighted by atomic mass is 9.75. The molecular weight excluding hydrogens is 384 g/mol. The van der Waals surface area contributed by atoms with Crippen LogP contribution in [0.2, 0.25) is 0 Å². The van der Waals surface area contributed by atoms with E-state index in [2.05, 4.69) is 10.6 Å². The number of rotatable bonds is 3. The number of fused-ring (bicyclic) bond motifs is 4. The van der Waals surface area contributed by atoms with Crippen LogP contribution in [0.25, 0.3) is 0 Å². The molecule has 1 spiro atoms. The number of carbonyl (C=O) groups is 4. The Kier molecular flexibility index (Phi) is 4.36. The predicted molar refractivity (Wildman–Crippen MR) is 110 cm³/mol. The van der Waals surface area contributed by atoms with Gasteiger partial charge in [-0.15, -0.1) is 0 Å². The Hall–Kier alpha value is -2.74. The molecule has 0 saturated carbocycles. The summed E-state index contributed by atoms with van der Waals surface area (Å²) < 4.78 is 0. The van der Waals surface area contributed by atoms with Crippen LogP contribution in [0, 0.1) is 25.7 Å². The lowest BCUT2D eigenvalue weighted by molar-refractivity contribution is -0.148. The van der Waals surface area contributed by atoms with Gasteiger partial charge >= 0.3 is 0 Å². The van der Waals surface area contributed by atoms with E-state index in [1.165, 1.54) is 4.90 Å². The number of hydrogen-bond donors (Lipinski definition) is 3. The van der Waals surface area contributed by atoms with Gasteiger partial charge in [0, 0.05) is 29.3 Å². The topological polar surface area (TPSA) is 122 Å². The molecule has 0 radical (unpaired) electrons. The number of imide groups is 1. The summed E-state index contributed by atoms with van der Waals surface area (Å²) in [5.41, 5.74) is 6.53. The lowest BCUT2D eigenvalue weighted by Crippen LogP contribution is -2.55. The first-order valence-electron chi connectivity index (χ1n) is 10.3. The second kappa shape index (κ2) is 6.38. The van der Waals surface area contributed by atoms with Crippen molar-refractivity contribution in [2.45, 2.75) is 64.6 Å². The van der Waals surface area contributed by atoms with Crippen LogP contribution in [0.4, 0.5) is 5.69 Å². The second-order valence-electron chi connectivity index (χ2n) is 9.71. The first-order valence-corrected chi connectivity index (χ1v) is 10.3. The third kappa shape index (κ3) is 2.62. The minimum atomic E-state index is -1.34. The van der Waals surface area contributed by atoms with Crippen molar-refractivity contribution in [2.24, 2.45) is 17.6 Å². The second-order valence-corrected chi connectivity index (χ2v) is 9.71. The van der Waals surface area contributed by atoms with Crippen molar-refractivity contribution in [2.75, 3.05) is 5.32 Å². The third-order valence-electron chi connectivity index (χ3n) is 6.54. The Morgan fingerprint density at radius 1 is 1.17 bits per heavy atom. The van der Waals surface area contributed by atoms with E-state index in [0.717, 1.165) is 11.1 Å². The van der Waals surface area contributed by atoms with Crippen molar-refractivity contribution in [3.8, 4) is 0 Å². The molecule has 2 fully saturated rings. The van der Waals surface area contributed by atoms with Gasteiger partial charge in [-0.1, -0.05) is 17.7 Å². The molecule has 2 saturated heterocycles. The maximum absolute atomic E-state index is 13.6. The minimum Gasteiger partial charge on any atom is -0.370 e. The molecule has 4 amide bonds. The summed E-state index contributed by atoms with van der Waals surface area (Å²) >= 11 is 0. The average molecular weight is 412 g/mol. The van der Waals surface area contributed by atoms with Crippen LogP contribution in [0.5, 0.6) is 0 Å². The number of carbonyl (C=O) groups excluding carboxylic acids is 4. The number of nitrogens with one attached hydrogen (secondary N) is 2. The van der Waals surface area contributed by atoms with Crippen molar-refractivity contribution >= 4 is 29.3 Å². The van der Waals surface area contributed by atoms with Crippen molar-refractivity contribution in [3.05, 3.63) is 28.8 Å². The van der Waals surface area contributed by atoms with Crippen molar-refractivity contribution < 1.29 is 19.2 Å². The molecule has 4 atom stereocenters. The van der Waals surface area contributed by atoms with Gasteiger partial charge in [0.05, 0.1) is 11.8 Å². The van der Waals surface area contributed by atoms with Gasteiger partial charge in [-0.2, -0.15) is 0 Å². The summed E-state index contributed by atoms with van der Waals surface area (Å²) in [6.07, 6.45) is 0.345. The highest BCUT2D eigenvalue weighted by molar-refractivity contribution is 6.15. The fourth-order valence-electron chi connectivity index (χ4n) is 5.47. The zero-order valence-corrected chi connectivity index (χ0v) is 18.0. The highest BCUT2D eigenvalue weighted by Gasteiger charge is 2.71. The fourth-order valence-corrected chi connectivity index (χ4v) is 5.47. The van der Waals surface area contributed by atoms with E-state index < -0.39 is 34.9 Å². The number of nitrogens with zero attached hydrogens (tertiary/aromatic N) is 1. The minimum absolute atomic E-state index is 0.0648. The molecule has 8 heteroatoms. The maximum atomic E-state index is 13.6. The van der Waals surface area contributed by atoms with Gasteiger partial charge in [0.2, 0.25) is 23.6 Å². The summed E-state index contributed by atoms with van der Waals surface area (Å²) in [6.45, 7) is 9.26. The van der Waals surface area contributed by atoms with E-state index in [4.69, 9.17) is 5.73 Å². The van der Waals surface area contributed by atoms with Crippen LogP contribution in [-0.4, -0.2) is 40.1 Å². The van der Waals surface area contributed by atoms with E-state index in [1.807, 2.05) is 26.0 Å². The number of nitrogens with two attached hydrogens (primary N) is 1. The van der Waals surface area contributed by atoms with Gasteiger partial charge in [-0.05, 0) is 46.6 Å². The zero-order chi connectivity index (χ0) is 22.2. The van der Waals surface area contributed by atoms with Gasteiger partial charge in [0.15, 0.2) is 0 Å². The maximum Gasteiger partial charge on any atom is 0.250 e. The van der Waals surface area contributed by atoms with Crippen LogP contribution in [0.3, 0.4) is 0 Å². The molecule has 160 valence electrons. The normalized spacial score (nSPS) is 30.1. The number of hydrogen-bond acceptors (Lipinski definition) is 5. The molecule has 3 aliphatic heterocycles. The molecule has 3 aliphatic rings. The standard InChI is InChI=1S/C22H28N4O4/c1-10-8-11(2)17-12(9-10)22(20(30)24-17)16-15(13(25-22)6-7-14(23)27)18(28)26(19(16)29)21(3,4)5/h8-9,13,15-16,25H,6-7H2,1-5H3,(H2,23,27)(H,24,30). The highest BCUT2D eigenvalue weighted by Crippen LogP contribution is 2.55. The molecule has 4 unspecified atom stereocenters. The predicted octanol–water partition coefficient (Wildman–Crippen LogP) is 1.09. The Morgan fingerprint density at radius 2 is 1.83 bits per heavy atom. The number of primary amides is 1. The summed E-state index contributed by atoms with van der Waals surface area (Å²) in [4.78, 5) is 53.1. The molecule has 30 heavy (non-hydrogen) atoms. The number of amides is 4. The van der Waals surface area contributed by atoms with Crippen molar-refractivity contribution in [1.82, 2.24) is 10.2 Å². The number of anilines is 1. The largest absolute Gasteiger partial charge is 0.370 e. The molecule has 0 bridgehead atoms. The van der Waals surface area contributed by atoms with Crippen LogP contribution < -0.4 is 16.4 Å². The quantitative estimate of drug-likeness (QED) is 0.642. The van der Waals surface area contributed by atoms with Crippen LogP contribution in [0.15, 0.2) is 12.1 Å². The molecule has 0 aliphatic carbocycles. The SMILES string of the molecule is Cc1cc(C)c2c(c1)C1(NC(CCC(N)=O)C3C(=O)N(C(C)(C)C)C(=O)C31)C(=O)N2. The Bertz CT molecular complexity index is 996. The third-order valence-corrected chi connectivity index (χ3v) is 6.54. The molecule has 3 heterocycles. The average Bonchev–Trinajstić information content (AvgIpc) is 3.18. The van der Waals surface area contributed by atoms with E-state index in [9.17, 15) is 19.2 Å². The van der Waals surface area contributed by atoms with Crippen molar-refractivity contribution in [3.63, 3.8) is 0 Å². The van der Waals surface area contributed by atoms with Gasteiger partial charge in [0.1, 0.15) is 5.54 Å². The monoisotopic (exact) mass is 412 g/mol. The van der Waals surface area contributed by atoms with Gasteiger partial charge < -0.3 is 11.1 Å². The van der Waals surface area contributed by atoms with E-state index in [0.29, 0.717) is 11.3 Å². The molecule has 8 nitrogen and oxygen atoms in total. The molecular formula is C22H28N4O4. The summed E-state index contributed by atoms with van der Waals surface area (Å²) in [6, 6.07) is 3.36. The lowest BCUT2D eigenvalue weighted by Gasteiger charge is -2.34. The number of aryl methyl sites for hydroxylation is 2. The fraction of sp³-hybridized carbons (Fsp3) is 0.545. The zero-order valence-electron chi connectivity index (χ0n) is 18.0. The summed E-state index contributed by atoms with van der Waals surface area (Å²) in [5.74, 6) is -3.07. The number of benzene rings is 1. The Balaban J connectivity index is 1.90. The van der Waals surface area contributed by atoms with E-state index in [1.54, 1.807) is 20.8 Å². The van der Waals surface area contributed by atoms with Crippen LogP contribution in [0.1, 0.15) is 50.3 Å². The molecule has 1 aromatic carbocycles. The Labute approximate surface area is 175 Å². The van der Waals surface area contributed by atoms with Crippen LogP contribution in [-0.2, 0) is 24.7 Å². The van der Waals surface area contributed by atoms with Gasteiger partial charge in [-0.3, -0.25) is 29.4 Å². The first kappa shape index (κ1) is 20.5. The smallest absolute Gasteiger partial charge is 0.250 e. The first-order chi connectivity index (χ1) is 13.9. The van der Waals surface area contributed by atoms with Gasteiger partial charge in [-0.25, -0.2) is 0 Å².